The first-order valence-electron chi connectivity index (χ1n) is 6.43. The van der Waals surface area contributed by atoms with Crippen LogP contribution in [0.1, 0.15) is 20.4 Å². The maximum Gasteiger partial charge on any atom is 0.224 e. The predicted octanol–water partition coefficient (Wildman–Crippen LogP) is 2.06. The number of carbonyl (C=O) groups is 2. The molecule has 6 nitrogen and oxygen atoms in total. The molecule has 0 aliphatic rings. The monoisotopic (exact) mass is 313 g/mol. The van der Waals surface area contributed by atoms with Crippen molar-refractivity contribution in [2.75, 3.05) is 0 Å². The maximum absolute atomic E-state index is 12.6. The Hall–Kier alpha value is -2.80. The highest BCUT2D eigenvalue weighted by molar-refractivity contribution is 7.14. The summed E-state index contributed by atoms with van der Waals surface area (Å²) >= 11 is 1.13. The molecule has 7 heteroatoms. The van der Waals surface area contributed by atoms with E-state index in [0.29, 0.717) is 27.0 Å². The zero-order valence-corrected chi connectivity index (χ0v) is 12.2. The van der Waals surface area contributed by atoms with Crippen LogP contribution in [0.5, 0.6) is 0 Å². The zero-order valence-electron chi connectivity index (χ0n) is 11.4. The molecule has 110 valence electrons. The van der Waals surface area contributed by atoms with Gasteiger partial charge in [0.1, 0.15) is 21.3 Å². The quantitative estimate of drug-likeness (QED) is 0.727. The Labute approximate surface area is 129 Å². The van der Waals surface area contributed by atoms with E-state index in [9.17, 15) is 9.59 Å². The van der Waals surface area contributed by atoms with E-state index < -0.39 is 5.91 Å². The Morgan fingerprint density at radius 1 is 1.23 bits per heavy atom. The minimum absolute atomic E-state index is 0.0200. The van der Waals surface area contributed by atoms with Crippen LogP contribution in [-0.4, -0.2) is 21.7 Å². The molecule has 0 spiro atoms. The van der Waals surface area contributed by atoms with Crippen molar-refractivity contribution in [1.82, 2.24) is 9.97 Å². The molecule has 0 aliphatic heterocycles. The fourth-order valence-electron chi connectivity index (χ4n) is 1.94. The van der Waals surface area contributed by atoms with Gasteiger partial charge in [-0.25, -0.2) is 4.98 Å². The summed E-state index contributed by atoms with van der Waals surface area (Å²) < 4.78 is 5.32. The molecule has 0 unspecified atom stereocenters. The third-order valence-corrected chi connectivity index (χ3v) is 3.91. The standard InChI is InChI=1S/C15H11N3O3S/c16-11(19)8-12-18-13(10-5-3-7-21-10)15(22-12)14(20)9-4-1-2-6-17-9/h1-7H,8H2,(H2,16,19). The first-order valence-corrected chi connectivity index (χ1v) is 7.24. The molecule has 0 atom stereocenters. The van der Waals surface area contributed by atoms with E-state index >= 15 is 0 Å². The average molecular weight is 313 g/mol. The molecule has 0 bridgehead atoms. The molecule has 3 aromatic heterocycles. The number of primary amides is 1. The van der Waals surface area contributed by atoms with Crippen molar-refractivity contribution in [2.24, 2.45) is 5.73 Å². The van der Waals surface area contributed by atoms with Crippen LogP contribution in [0.15, 0.2) is 47.2 Å². The lowest BCUT2D eigenvalue weighted by molar-refractivity contribution is -0.117. The van der Waals surface area contributed by atoms with Crippen molar-refractivity contribution in [1.29, 1.82) is 0 Å². The van der Waals surface area contributed by atoms with Crippen LogP contribution in [0.3, 0.4) is 0 Å². The Balaban J connectivity index is 2.07. The third kappa shape index (κ3) is 2.79. The first-order chi connectivity index (χ1) is 10.6. The third-order valence-electron chi connectivity index (χ3n) is 2.86. The van der Waals surface area contributed by atoms with Gasteiger partial charge in [0.25, 0.3) is 0 Å². The van der Waals surface area contributed by atoms with Crippen LogP contribution in [-0.2, 0) is 11.2 Å². The van der Waals surface area contributed by atoms with Gasteiger partial charge in [0, 0.05) is 6.20 Å². The van der Waals surface area contributed by atoms with Crippen LogP contribution >= 0.6 is 11.3 Å². The summed E-state index contributed by atoms with van der Waals surface area (Å²) in [6, 6.07) is 8.51. The highest BCUT2D eigenvalue weighted by Crippen LogP contribution is 2.30. The Morgan fingerprint density at radius 2 is 2.09 bits per heavy atom. The number of thiazole rings is 1. The number of rotatable bonds is 5. The summed E-state index contributed by atoms with van der Waals surface area (Å²) in [5.41, 5.74) is 5.91. The number of pyridine rings is 1. The number of amides is 1. The van der Waals surface area contributed by atoms with Gasteiger partial charge in [0.15, 0.2) is 5.76 Å². The van der Waals surface area contributed by atoms with Gasteiger partial charge in [-0.3, -0.25) is 14.6 Å². The molecular weight excluding hydrogens is 302 g/mol. The van der Waals surface area contributed by atoms with E-state index in [2.05, 4.69) is 9.97 Å². The van der Waals surface area contributed by atoms with E-state index in [1.807, 2.05) is 0 Å². The highest BCUT2D eigenvalue weighted by Gasteiger charge is 2.23. The van der Waals surface area contributed by atoms with E-state index in [1.165, 1.54) is 6.26 Å². The maximum atomic E-state index is 12.6. The Kier molecular flexibility index (Phi) is 3.80. The van der Waals surface area contributed by atoms with Crippen molar-refractivity contribution in [3.63, 3.8) is 0 Å². The molecule has 0 aliphatic carbocycles. The van der Waals surface area contributed by atoms with Crippen LogP contribution in [0, 0.1) is 0 Å². The molecular formula is C15H11N3O3S. The normalized spacial score (nSPS) is 10.5. The lowest BCUT2D eigenvalue weighted by Gasteiger charge is -1.98. The minimum atomic E-state index is -0.503. The summed E-state index contributed by atoms with van der Waals surface area (Å²) in [5.74, 6) is -0.303. The molecule has 3 aromatic rings. The number of aromatic nitrogens is 2. The number of nitrogens with two attached hydrogens (primary N) is 1. The Bertz CT molecular complexity index is 810. The van der Waals surface area contributed by atoms with Crippen LogP contribution in [0.4, 0.5) is 0 Å². The zero-order chi connectivity index (χ0) is 15.5. The summed E-state index contributed by atoms with van der Waals surface area (Å²) in [7, 11) is 0. The lowest BCUT2D eigenvalue weighted by atomic mass is 10.1. The first kappa shape index (κ1) is 14.2. The van der Waals surface area contributed by atoms with Crippen molar-refractivity contribution < 1.29 is 14.0 Å². The predicted molar refractivity (Wildman–Crippen MR) is 80.4 cm³/mol. The summed E-state index contributed by atoms with van der Waals surface area (Å²) in [6.45, 7) is 0. The van der Waals surface area contributed by atoms with Gasteiger partial charge >= 0.3 is 0 Å². The number of hydrogen-bond donors (Lipinski definition) is 1. The average Bonchev–Trinajstić information content (AvgIpc) is 3.15. The largest absolute Gasteiger partial charge is 0.463 e. The smallest absolute Gasteiger partial charge is 0.224 e. The van der Waals surface area contributed by atoms with E-state index in [1.54, 1.807) is 36.5 Å². The molecule has 0 fully saturated rings. The van der Waals surface area contributed by atoms with Crippen LogP contribution < -0.4 is 5.73 Å². The van der Waals surface area contributed by atoms with E-state index in [4.69, 9.17) is 10.2 Å². The molecule has 3 heterocycles. The number of furan rings is 1. The van der Waals surface area contributed by atoms with Gasteiger partial charge in [-0.2, -0.15) is 0 Å². The SMILES string of the molecule is NC(=O)Cc1nc(-c2ccco2)c(C(=O)c2ccccn2)s1. The number of hydrogen-bond acceptors (Lipinski definition) is 6. The number of nitrogens with zero attached hydrogens (tertiary/aromatic N) is 2. The van der Waals surface area contributed by atoms with Crippen molar-refractivity contribution in [3.05, 3.63) is 58.4 Å². The minimum Gasteiger partial charge on any atom is -0.463 e. The summed E-state index contributed by atoms with van der Waals surface area (Å²) in [5, 5.41) is 0.471. The van der Waals surface area contributed by atoms with Crippen LogP contribution in [0.2, 0.25) is 0 Å². The molecule has 0 radical (unpaired) electrons. The second kappa shape index (κ2) is 5.90. The molecule has 0 aromatic carbocycles. The molecule has 0 saturated heterocycles. The number of carbonyl (C=O) groups excluding carboxylic acids is 2. The van der Waals surface area contributed by atoms with Crippen molar-refractivity contribution in [2.45, 2.75) is 6.42 Å². The van der Waals surface area contributed by atoms with Crippen molar-refractivity contribution in [3.8, 4) is 11.5 Å². The van der Waals surface area contributed by atoms with Gasteiger partial charge in [-0.1, -0.05) is 6.07 Å². The van der Waals surface area contributed by atoms with Gasteiger partial charge in [-0.15, -0.1) is 11.3 Å². The topological polar surface area (TPSA) is 99.1 Å². The van der Waals surface area contributed by atoms with Crippen LogP contribution in [0.25, 0.3) is 11.5 Å². The second-order valence-corrected chi connectivity index (χ2v) is 5.53. The fraction of sp³-hybridized carbons (Fsp3) is 0.0667. The lowest BCUT2D eigenvalue weighted by Crippen LogP contribution is -2.13. The van der Waals surface area contributed by atoms with E-state index in [-0.39, 0.29) is 12.2 Å². The Morgan fingerprint density at radius 3 is 2.73 bits per heavy atom. The summed E-state index contributed by atoms with van der Waals surface area (Å²) in [6.07, 6.45) is 3.02. The molecule has 1 amide bonds. The highest BCUT2D eigenvalue weighted by atomic mass is 32.1. The van der Waals surface area contributed by atoms with Gasteiger partial charge in [-0.05, 0) is 24.3 Å². The van der Waals surface area contributed by atoms with Gasteiger partial charge < -0.3 is 10.2 Å². The second-order valence-electron chi connectivity index (χ2n) is 4.45. The molecule has 22 heavy (non-hydrogen) atoms. The molecule has 3 rings (SSSR count). The molecule has 0 saturated carbocycles. The summed E-state index contributed by atoms with van der Waals surface area (Å²) in [4.78, 5) is 32.4. The number of ketones is 1. The fourth-order valence-corrected chi connectivity index (χ4v) is 2.96. The van der Waals surface area contributed by atoms with E-state index in [0.717, 1.165) is 11.3 Å². The van der Waals surface area contributed by atoms with Gasteiger partial charge in [0.2, 0.25) is 11.7 Å². The van der Waals surface area contributed by atoms with Gasteiger partial charge in [0.05, 0.1) is 12.7 Å². The van der Waals surface area contributed by atoms with Crippen molar-refractivity contribution >= 4 is 23.0 Å². The molecule has 2 N–H and O–H groups in total.